The van der Waals surface area contributed by atoms with E-state index in [0.717, 1.165) is 40.4 Å². The second-order valence-corrected chi connectivity index (χ2v) is 9.06. The van der Waals surface area contributed by atoms with Crippen molar-refractivity contribution >= 4 is 23.5 Å². The predicted molar refractivity (Wildman–Crippen MR) is 135 cm³/mol. The highest BCUT2D eigenvalue weighted by atomic mass is 35.5. The second-order valence-electron chi connectivity index (χ2n) is 8.62. The lowest BCUT2D eigenvalue weighted by atomic mass is 9.98. The first-order valence-electron chi connectivity index (χ1n) is 11.4. The number of carbonyl (C=O) groups excluding carboxylic acids is 1. The van der Waals surface area contributed by atoms with Gasteiger partial charge in [-0.25, -0.2) is 0 Å². The number of hydrogen-bond acceptors (Lipinski definition) is 6. The summed E-state index contributed by atoms with van der Waals surface area (Å²) in [5, 5.41) is 0.729. The van der Waals surface area contributed by atoms with Gasteiger partial charge in [0.2, 0.25) is 5.78 Å². The van der Waals surface area contributed by atoms with Gasteiger partial charge in [0, 0.05) is 29.7 Å². The van der Waals surface area contributed by atoms with Gasteiger partial charge in [-0.3, -0.25) is 9.69 Å². The number of hydrogen-bond donors (Lipinski definition) is 0. The van der Waals surface area contributed by atoms with Gasteiger partial charge in [0.05, 0.1) is 25.3 Å². The molecule has 3 aromatic rings. The maximum atomic E-state index is 13.3. The first-order chi connectivity index (χ1) is 17.0. The van der Waals surface area contributed by atoms with Crippen molar-refractivity contribution in [1.82, 2.24) is 4.90 Å². The number of ether oxygens (including phenoxy) is 4. The van der Waals surface area contributed by atoms with Crippen LogP contribution in [0.1, 0.15) is 32.6 Å². The molecule has 0 saturated carbocycles. The lowest BCUT2D eigenvalue weighted by molar-refractivity contribution is 0.0949. The Morgan fingerprint density at radius 2 is 1.89 bits per heavy atom. The minimum Gasteiger partial charge on any atom is -0.497 e. The van der Waals surface area contributed by atoms with Crippen LogP contribution in [0.25, 0.3) is 6.08 Å². The summed E-state index contributed by atoms with van der Waals surface area (Å²) in [7, 11) is 3.18. The Morgan fingerprint density at radius 1 is 1.09 bits per heavy atom. The molecule has 6 nitrogen and oxygen atoms in total. The van der Waals surface area contributed by atoms with Gasteiger partial charge >= 0.3 is 0 Å². The van der Waals surface area contributed by atoms with Crippen molar-refractivity contribution in [3.05, 3.63) is 87.1 Å². The van der Waals surface area contributed by atoms with Crippen molar-refractivity contribution in [2.75, 3.05) is 27.5 Å². The molecule has 0 spiro atoms. The summed E-state index contributed by atoms with van der Waals surface area (Å²) in [6.45, 7) is 3.84. The zero-order valence-corrected chi connectivity index (χ0v) is 20.6. The molecule has 0 N–H and O–H groups in total. The van der Waals surface area contributed by atoms with Gasteiger partial charge in [-0.15, -0.1) is 0 Å². The SMILES string of the molecule is COc1ccc(/C=C2/Oc3c4c(cc(C)c3C2=O)OCN(CCc2ccc(Cl)cc2)C4)c(OC)c1. The fourth-order valence-corrected chi connectivity index (χ4v) is 4.56. The van der Waals surface area contributed by atoms with Gasteiger partial charge in [-0.05, 0) is 60.9 Å². The third-order valence-corrected chi connectivity index (χ3v) is 6.60. The van der Waals surface area contributed by atoms with E-state index < -0.39 is 0 Å². The molecule has 0 saturated heterocycles. The van der Waals surface area contributed by atoms with Gasteiger partial charge in [0.25, 0.3) is 0 Å². The summed E-state index contributed by atoms with van der Waals surface area (Å²) in [5.74, 6) is 2.74. The Kier molecular flexibility index (Phi) is 6.41. The summed E-state index contributed by atoms with van der Waals surface area (Å²) in [5.41, 5.74) is 4.26. The highest BCUT2D eigenvalue weighted by Crippen LogP contribution is 2.44. The van der Waals surface area contributed by atoms with E-state index in [4.69, 9.17) is 30.5 Å². The molecule has 2 heterocycles. The first kappa shape index (κ1) is 23.3. The average Bonchev–Trinajstić information content (AvgIpc) is 3.20. The number of halogens is 1. The third-order valence-electron chi connectivity index (χ3n) is 6.34. The van der Waals surface area contributed by atoms with Crippen LogP contribution < -0.4 is 18.9 Å². The zero-order valence-electron chi connectivity index (χ0n) is 19.9. The van der Waals surface area contributed by atoms with E-state index in [9.17, 15) is 4.79 Å². The standard InChI is InChI=1S/C28H26ClNO5/c1-17-12-24-22(15-30(16-34-24)11-10-18-4-7-20(29)8-5-18)28-26(17)27(31)25(35-28)13-19-6-9-21(32-2)14-23(19)33-3/h4-9,12-14H,10-11,15-16H2,1-3H3/b25-13+. The summed E-state index contributed by atoms with van der Waals surface area (Å²) in [6, 6.07) is 15.2. The molecule has 0 amide bonds. The van der Waals surface area contributed by atoms with E-state index in [0.29, 0.717) is 36.1 Å². The summed E-state index contributed by atoms with van der Waals surface area (Å²) >= 11 is 6.00. The Balaban J connectivity index is 1.40. The van der Waals surface area contributed by atoms with Gasteiger partial charge in [-0.1, -0.05) is 23.7 Å². The second kappa shape index (κ2) is 9.64. The minimum absolute atomic E-state index is 0.142. The molecule has 0 radical (unpaired) electrons. The van der Waals surface area contributed by atoms with Crippen LogP contribution in [0.15, 0.2) is 54.3 Å². The quantitative estimate of drug-likeness (QED) is 0.414. The lowest BCUT2D eigenvalue weighted by Crippen LogP contribution is -2.33. The molecule has 2 aliphatic heterocycles. The van der Waals surface area contributed by atoms with Crippen LogP contribution in [0.4, 0.5) is 0 Å². The number of ketones is 1. The van der Waals surface area contributed by atoms with Crippen LogP contribution in [0, 0.1) is 6.92 Å². The minimum atomic E-state index is -0.142. The smallest absolute Gasteiger partial charge is 0.232 e. The highest BCUT2D eigenvalue weighted by molar-refractivity contribution is 6.30. The third kappa shape index (κ3) is 4.59. The molecular formula is C28H26ClNO5. The van der Waals surface area contributed by atoms with Crippen molar-refractivity contribution < 1.29 is 23.7 Å². The van der Waals surface area contributed by atoms with E-state index in [1.807, 2.05) is 49.4 Å². The van der Waals surface area contributed by atoms with E-state index in [1.54, 1.807) is 26.4 Å². The summed E-state index contributed by atoms with van der Waals surface area (Å²) < 4.78 is 23.0. The highest BCUT2D eigenvalue weighted by Gasteiger charge is 2.35. The largest absolute Gasteiger partial charge is 0.497 e. The monoisotopic (exact) mass is 491 g/mol. The molecule has 0 bridgehead atoms. The molecule has 0 aliphatic carbocycles. The fraction of sp³-hybridized carbons (Fsp3) is 0.250. The Morgan fingerprint density at radius 3 is 2.63 bits per heavy atom. The van der Waals surface area contributed by atoms with Crippen LogP contribution in [-0.4, -0.2) is 38.2 Å². The molecular weight excluding hydrogens is 466 g/mol. The number of fused-ring (bicyclic) bond motifs is 3. The number of Topliss-reactive ketones (excluding diaryl/α,β-unsaturated/α-hetero) is 1. The van der Waals surface area contributed by atoms with Gasteiger partial charge < -0.3 is 18.9 Å². The topological polar surface area (TPSA) is 57.2 Å². The molecule has 7 heteroatoms. The summed E-state index contributed by atoms with van der Waals surface area (Å²) in [4.78, 5) is 15.5. The fourth-order valence-electron chi connectivity index (χ4n) is 4.44. The number of allylic oxidation sites excluding steroid dienone is 1. The summed E-state index contributed by atoms with van der Waals surface area (Å²) in [6.07, 6.45) is 2.58. The molecule has 180 valence electrons. The Hall–Kier alpha value is -3.48. The van der Waals surface area contributed by atoms with Crippen molar-refractivity contribution in [3.8, 4) is 23.0 Å². The number of aryl methyl sites for hydroxylation is 1. The van der Waals surface area contributed by atoms with Crippen LogP contribution in [-0.2, 0) is 13.0 Å². The van der Waals surface area contributed by atoms with Crippen LogP contribution in [0.3, 0.4) is 0 Å². The van der Waals surface area contributed by atoms with Gasteiger partial charge in [-0.2, -0.15) is 0 Å². The number of methoxy groups -OCH3 is 2. The maximum Gasteiger partial charge on any atom is 0.232 e. The molecule has 0 unspecified atom stereocenters. The molecule has 35 heavy (non-hydrogen) atoms. The Labute approximate surface area is 209 Å². The maximum absolute atomic E-state index is 13.3. The van der Waals surface area contributed by atoms with Crippen LogP contribution in [0.5, 0.6) is 23.0 Å². The number of carbonyl (C=O) groups is 1. The van der Waals surface area contributed by atoms with E-state index in [2.05, 4.69) is 4.90 Å². The first-order valence-corrected chi connectivity index (χ1v) is 11.8. The van der Waals surface area contributed by atoms with Crippen molar-refractivity contribution in [1.29, 1.82) is 0 Å². The van der Waals surface area contributed by atoms with Crippen molar-refractivity contribution in [2.45, 2.75) is 19.9 Å². The predicted octanol–water partition coefficient (Wildman–Crippen LogP) is 5.68. The molecule has 0 atom stereocenters. The van der Waals surface area contributed by atoms with E-state index >= 15 is 0 Å². The molecule has 0 fully saturated rings. The van der Waals surface area contributed by atoms with Gasteiger partial charge in [0.15, 0.2) is 5.76 Å². The molecule has 5 rings (SSSR count). The van der Waals surface area contributed by atoms with E-state index in [1.165, 1.54) is 5.56 Å². The van der Waals surface area contributed by atoms with Crippen LogP contribution >= 0.6 is 11.6 Å². The van der Waals surface area contributed by atoms with Crippen molar-refractivity contribution in [2.24, 2.45) is 0 Å². The van der Waals surface area contributed by atoms with E-state index in [-0.39, 0.29) is 11.5 Å². The van der Waals surface area contributed by atoms with Crippen molar-refractivity contribution in [3.63, 3.8) is 0 Å². The normalized spacial score (nSPS) is 15.9. The molecule has 3 aromatic carbocycles. The van der Waals surface area contributed by atoms with Gasteiger partial charge in [0.1, 0.15) is 29.7 Å². The number of rotatable bonds is 6. The van der Waals surface area contributed by atoms with Crippen LogP contribution in [0.2, 0.25) is 5.02 Å². The molecule has 2 aliphatic rings. The zero-order chi connectivity index (χ0) is 24.5. The number of benzene rings is 3. The Bertz CT molecular complexity index is 1320. The molecule has 0 aromatic heterocycles. The number of nitrogens with zero attached hydrogens (tertiary/aromatic N) is 1. The lowest BCUT2D eigenvalue weighted by Gasteiger charge is -2.30. The average molecular weight is 492 g/mol.